The fourth-order valence-electron chi connectivity index (χ4n) is 9.21. The summed E-state index contributed by atoms with van der Waals surface area (Å²) in [6, 6.07) is 2.18. The van der Waals surface area contributed by atoms with Crippen LogP contribution in [0, 0.1) is 56.2 Å². The van der Waals surface area contributed by atoms with Gasteiger partial charge in [0.15, 0.2) is 11.6 Å². The highest BCUT2D eigenvalue weighted by atomic mass is 16.1. The van der Waals surface area contributed by atoms with E-state index < -0.39 is 5.41 Å². The number of hydrogen-bond donors (Lipinski definition) is 1. The van der Waals surface area contributed by atoms with Gasteiger partial charge in [0.1, 0.15) is 6.07 Å². The molecule has 7 atom stereocenters. The Hall–Kier alpha value is -2.22. The predicted octanol–water partition coefficient (Wildman–Crippen LogP) is 7.51. The molecule has 4 aliphatic carbocycles. The number of carbonyl (C=O) groups excluding carboxylic acids is 3. The molecule has 4 aliphatic rings. The summed E-state index contributed by atoms with van der Waals surface area (Å²) in [7, 11) is 0. The molecule has 0 heterocycles. The van der Waals surface area contributed by atoms with Gasteiger partial charge < -0.3 is 5.32 Å². The molecule has 220 valence electrons. The largest absolute Gasteiger partial charge is 0.356 e. The fourth-order valence-corrected chi connectivity index (χ4v) is 9.21. The number of rotatable bonds is 4. The first-order valence-corrected chi connectivity index (χ1v) is 15.8. The van der Waals surface area contributed by atoms with Gasteiger partial charge in [-0.1, -0.05) is 60.1 Å². The normalized spacial score (nSPS) is 41.3. The van der Waals surface area contributed by atoms with Crippen LogP contribution in [-0.4, -0.2) is 24.0 Å². The maximum absolute atomic E-state index is 14.2. The molecule has 0 bridgehead atoms. The van der Waals surface area contributed by atoms with Crippen molar-refractivity contribution >= 4 is 17.5 Å². The van der Waals surface area contributed by atoms with E-state index in [1.165, 1.54) is 0 Å². The number of Topliss-reactive ketones (excluding diaryl/α,β-unsaturated/α-hetero) is 1. The molecule has 4 rings (SSSR count). The first-order chi connectivity index (χ1) is 18.6. The third-order valence-electron chi connectivity index (χ3n) is 12.5. The fraction of sp³-hybridized carbons (Fsp3) is 0.771. The van der Waals surface area contributed by atoms with E-state index in [2.05, 4.69) is 52.9 Å². The molecule has 2 saturated carbocycles. The van der Waals surface area contributed by atoms with Crippen LogP contribution in [0.2, 0.25) is 0 Å². The van der Waals surface area contributed by atoms with Crippen LogP contribution in [0.5, 0.6) is 0 Å². The van der Waals surface area contributed by atoms with E-state index in [4.69, 9.17) is 0 Å². The summed E-state index contributed by atoms with van der Waals surface area (Å²) < 4.78 is 0. The summed E-state index contributed by atoms with van der Waals surface area (Å²) in [5.41, 5.74) is 0.615. The van der Waals surface area contributed by atoms with Crippen molar-refractivity contribution in [1.82, 2.24) is 5.32 Å². The van der Waals surface area contributed by atoms with Crippen LogP contribution in [0.3, 0.4) is 0 Å². The molecule has 2 fully saturated rings. The Morgan fingerprint density at radius 1 is 1.00 bits per heavy atom. The SMILES string of the molecule is CCNC(=O)CC[C@@]1(C)CCC(C)(C)CCC2C(=O)C=C3[C@@]4(C)C=C(C#N)C(=O)[C@@H](C)[C@@H]4CC[C@@]3(C)[C@]2(C)CC1. The van der Waals surface area contributed by atoms with E-state index in [1.807, 2.05) is 26.0 Å². The maximum atomic E-state index is 14.2. The van der Waals surface area contributed by atoms with Gasteiger partial charge in [-0.05, 0) is 98.4 Å². The van der Waals surface area contributed by atoms with E-state index in [0.717, 1.165) is 63.4 Å². The lowest BCUT2D eigenvalue weighted by Crippen LogP contribution is -2.58. The number of hydrogen-bond acceptors (Lipinski definition) is 4. The summed E-state index contributed by atoms with van der Waals surface area (Å²) in [6.07, 6.45) is 13.2. The lowest BCUT2D eigenvalue weighted by Gasteiger charge is -2.64. The summed E-state index contributed by atoms with van der Waals surface area (Å²) in [4.78, 5) is 39.6. The molecule has 1 unspecified atom stereocenters. The number of amides is 1. The molecule has 0 spiro atoms. The van der Waals surface area contributed by atoms with E-state index >= 15 is 0 Å². The highest BCUT2D eigenvalue weighted by molar-refractivity contribution is 6.02. The average Bonchev–Trinajstić information content (AvgIpc) is 2.89. The van der Waals surface area contributed by atoms with Crippen molar-refractivity contribution in [1.29, 1.82) is 5.26 Å². The van der Waals surface area contributed by atoms with Crippen molar-refractivity contribution in [2.75, 3.05) is 6.54 Å². The van der Waals surface area contributed by atoms with E-state index in [-0.39, 0.29) is 62.5 Å². The van der Waals surface area contributed by atoms with Crippen molar-refractivity contribution in [2.45, 2.75) is 120 Å². The molecule has 0 radical (unpaired) electrons. The van der Waals surface area contributed by atoms with Gasteiger partial charge in [-0.15, -0.1) is 0 Å². The number of allylic oxidation sites excluding steroid dienone is 4. The third-order valence-corrected chi connectivity index (χ3v) is 12.5. The zero-order valence-electron chi connectivity index (χ0n) is 26.3. The topological polar surface area (TPSA) is 87.0 Å². The van der Waals surface area contributed by atoms with Crippen molar-refractivity contribution in [3.05, 3.63) is 23.3 Å². The first kappa shape index (κ1) is 30.7. The third kappa shape index (κ3) is 5.03. The summed E-state index contributed by atoms with van der Waals surface area (Å²) in [5.74, 6) is 0.135. The second-order valence-electron chi connectivity index (χ2n) is 15.5. The smallest absolute Gasteiger partial charge is 0.220 e. The van der Waals surface area contributed by atoms with Crippen LogP contribution < -0.4 is 5.32 Å². The standard InChI is InChI=1S/C35H52N2O3/c1-9-37-29(39)12-14-32(5)17-16-31(3,4)13-10-26-27(38)20-28-33(6)21-24(22-36)30(40)23(2)25(33)11-15-35(28,8)34(26,7)19-18-32/h20-21,23,25-26H,9-19H2,1-8H3,(H,37,39)/t23-,25-,26?,32-,33-,34+,35+/m0/s1. The molecule has 0 aromatic heterocycles. The van der Waals surface area contributed by atoms with Gasteiger partial charge in [0, 0.05) is 30.2 Å². The molecule has 1 N–H and O–H groups in total. The molecule has 5 heteroatoms. The number of nitrogens with one attached hydrogen (secondary N) is 1. The lowest BCUT2D eigenvalue weighted by molar-refractivity contribution is -0.135. The Labute approximate surface area is 242 Å². The molecule has 0 aromatic rings. The van der Waals surface area contributed by atoms with Crippen LogP contribution in [0.25, 0.3) is 0 Å². The average molecular weight is 549 g/mol. The van der Waals surface area contributed by atoms with E-state index in [0.29, 0.717) is 13.0 Å². The number of ketones is 2. The minimum absolute atomic E-state index is 0.0226. The summed E-state index contributed by atoms with van der Waals surface area (Å²) in [5, 5.41) is 12.8. The monoisotopic (exact) mass is 548 g/mol. The van der Waals surface area contributed by atoms with E-state index in [9.17, 15) is 19.6 Å². The maximum Gasteiger partial charge on any atom is 0.220 e. The van der Waals surface area contributed by atoms with E-state index in [1.54, 1.807) is 0 Å². The summed E-state index contributed by atoms with van der Waals surface area (Å²) >= 11 is 0. The highest BCUT2D eigenvalue weighted by Gasteiger charge is 2.63. The van der Waals surface area contributed by atoms with Crippen LogP contribution in [0.4, 0.5) is 0 Å². The Balaban J connectivity index is 1.79. The first-order valence-electron chi connectivity index (χ1n) is 15.8. The van der Waals surface area contributed by atoms with Crippen molar-refractivity contribution in [2.24, 2.45) is 44.8 Å². The van der Waals surface area contributed by atoms with Crippen molar-refractivity contribution < 1.29 is 14.4 Å². The highest BCUT2D eigenvalue weighted by Crippen LogP contribution is 2.69. The minimum Gasteiger partial charge on any atom is -0.356 e. The summed E-state index contributed by atoms with van der Waals surface area (Å²) in [6.45, 7) is 18.6. The molecular formula is C35H52N2O3. The van der Waals surface area contributed by atoms with Gasteiger partial charge in [-0.2, -0.15) is 5.26 Å². The van der Waals surface area contributed by atoms with Gasteiger partial charge in [-0.3, -0.25) is 14.4 Å². The van der Waals surface area contributed by atoms with Crippen LogP contribution in [-0.2, 0) is 14.4 Å². The van der Waals surface area contributed by atoms with Gasteiger partial charge in [0.05, 0.1) is 5.57 Å². The van der Waals surface area contributed by atoms with Gasteiger partial charge in [0.2, 0.25) is 5.91 Å². The van der Waals surface area contributed by atoms with Gasteiger partial charge in [-0.25, -0.2) is 0 Å². The van der Waals surface area contributed by atoms with Gasteiger partial charge in [0.25, 0.3) is 0 Å². The zero-order chi connectivity index (χ0) is 29.7. The van der Waals surface area contributed by atoms with Crippen LogP contribution >= 0.6 is 0 Å². The van der Waals surface area contributed by atoms with Crippen molar-refractivity contribution in [3.8, 4) is 6.07 Å². The molecule has 5 nitrogen and oxygen atoms in total. The predicted molar refractivity (Wildman–Crippen MR) is 159 cm³/mol. The van der Waals surface area contributed by atoms with Crippen LogP contribution in [0.15, 0.2) is 23.3 Å². The Bertz CT molecular complexity index is 1170. The van der Waals surface area contributed by atoms with Crippen LogP contribution in [0.1, 0.15) is 120 Å². The van der Waals surface area contributed by atoms with Gasteiger partial charge >= 0.3 is 0 Å². The lowest BCUT2D eigenvalue weighted by atomic mass is 9.39. The second kappa shape index (κ2) is 10.6. The Morgan fingerprint density at radius 3 is 2.33 bits per heavy atom. The molecule has 40 heavy (non-hydrogen) atoms. The number of fused-ring (bicyclic) bond motifs is 5. The zero-order valence-corrected chi connectivity index (χ0v) is 26.3. The van der Waals surface area contributed by atoms with Crippen molar-refractivity contribution in [3.63, 3.8) is 0 Å². The number of carbonyl (C=O) groups is 3. The molecular weight excluding hydrogens is 496 g/mol. The number of nitrogens with zero attached hydrogens (tertiary/aromatic N) is 1. The molecule has 1 amide bonds. The Morgan fingerprint density at radius 2 is 1.68 bits per heavy atom. The quantitative estimate of drug-likeness (QED) is 0.394. The Kier molecular flexibility index (Phi) is 8.11. The molecule has 0 aliphatic heterocycles. The second-order valence-corrected chi connectivity index (χ2v) is 15.5. The molecule has 0 aromatic carbocycles. The minimum atomic E-state index is -0.481. The number of nitriles is 1. The molecule has 0 saturated heterocycles.